The summed E-state index contributed by atoms with van der Waals surface area (Å²) in [6, 6.07) is 0. The number of rotatable bonds is 1. The van der Waals surface area contributed by atoms with Crippen LogP contribution in [0.5, 0.6) is 0 Å². The van der Waals surface area contributed by atoms with E-state index in [0.29, 0.717) is 5.89 Å². The van der Waals surface area contributed by atoms with Gasteiger partial charge in [-0.25, -0.2) is 4.98 Å². The lowest BCUT2D eigenvalue weighted by Gasteiger charge is -2.20. The molecule has 0 fully saturated rings. The zero-order chi connectivity index (χ0) is 12.6. The Morgan fingerprint density at radius 1 is 1.35 bits per heavy atom. The maximum Gasteiger partial charge on any atom is 0.192 e. The number of hydrogen-bond donors (Lipinski definition) is 0. The molecule has 0 saturated carbocycles. The van der Waals surface area contributed by atoms with Crippen molar-refractivity contribution >= 4 is 17.1 Å². The summed E-state index contributed by atoms with van der Waals surface area (Å²) in [6.45, 7) is 7.59. The molecule has 1 unspecified atom stereocenters. The van der Waals surface area contributed by atoms with Gasteiger partial charge in [0.05, 0.1) is 5.69 Å². The second-order valence-corrected chi connectivity index (χ2v) is 7.17. The molecular weight excluding hydrogens is 236 g/mol. The fourth-order valence-corrected chi connectivity index (χ4v) is 2.37. The molecule has 0 N–H and O–H groups in total. The summed E-state index contributed by atoms with van der Waals surface area (Å²) in [7, 11) is 0. The van der Waals surface area contributed by atoms with Crippen molar-refractivity contribution < 1.29 is 8.97 Å². The normalized spacial score (nSPS) is 20.4. The monoisotopic (exact) mass is 254 g/mol. The number of hydrogen-bond acceptors (Lipinski definition) is 4. The number of oxazole rings is 1. The first-order valence-electron chi connectivity index (χ1n) is 5.84. The third kappa shape index (κ3) is 2.72. The molecule has 94 valence electrons. The van der Waals surface area contributed by atoms with Gasteiger partial charge >= 0.3 is 0 Å². The standard InChI is InChI=1S/C12H18N2O2S/c1-8-13-9-6-5-7-10(11(9)16-8)14-17(15)12(2,3)4/h5-7H2,1-4H3/b14-10+. The molecule has 1 heterocycles. The van der Waals surface area contributed by atoms with Gasteiger partial charge in [0.25, 0.3) is 0 Å². The Morgan fingerprint density at radius 2 is 2.06 bits per heavy atom. The quantitative estimate of drug-likeness (QED) is 0.724. The van der Waals surface area contributed by atoms with Crippen LogP contribution in [0.2, 0.25) is 0 Å². The molecule has 1 aromatic heterocycles. The number of nitrogens with zero attached hydrogens (tertiary/aromatic N) is 2. The highest BCUT2D eigenvalue weighted by molar-refractivity contribution is 7.91. The van der Waals surface area contributed by atoms with Crippen LogP contribution >= 0.6 is 0 Å². The molecule has 1 atom stereocenters. The predicted molar refractivity (Wildman–Crippen MR) is 68.6 cm³/mol. The smallest absolute Gasteiger partial charge is 0.192 e. The number of aryl methyl sites for hydroxylation is 2. The Bertz CT molecular complexity index is 446. The van der Waals surface area contributed by atoms with Gasteiger partial charge in [-0.2, -0.15) is 0 Å². The van der Waals surface area contributed by atoms with E-state index in [4.69, 9.17) is 4.42 Å². The van der Waals surface area contributed by atoms with Crippen LogP contribution < -0.4 is 0 Å². The first kappa shape index (κ1) is 12.6. The highest BCUT2D eigenvalue weighted by Crippen LogP contribution is 2.25. The van der Waals surface area contributed by atoms with Gasteiger partial charge in [0.2, 0.25) is 0 Å². The average Bonchev–Trinajstić information content (AvgIpc) is 2.58. The molecule has 4 nitrogen and oxygen atoms in total. The Labute approximate surface area is 105 Å². The summed E-state index contributed by atoms with van der Waals surface area (Å²) < 4.78 is 21.6. The van der Waals surface area contributed by atoms with Crippen molar-refractivity contribution in [2.75, 3.05) is 0 Å². The maximum atomic E-state index is 12.0. The summed E-state index contributed by atoms with van der Waals surface area (Å²) in [5.74, 6) is 1.40. The van der Waals surface area contributed by atoms with Crippen molar-refractivity contribution in [1.82, 2.24) is 4.98 Å². The van der Waals surface area contributed by atoms with Gasteiger partial charge in [0.1, 0.15) is 21.8 Å². The minimum Gasteiger partial charge on any atom is -0.591 e. The Morgan fingerprint density at radius 3 is 2.71 bits per heavy atom. The summed E-state index contributed by atoms with van der Waals surface area (Å²) in [4.78, 5) is 4.32. The fraction of sp³-hybridized carbons (Fsp3) is 0.667. The first-order valence-corrected chi connectivity index (χ1v) is 6.95. The average molecular weight is 254 g/mol. The van der Waals surface area contributed by atoms with Crippen LogP contribution in [-0.4, -0.2) is 20.0 Å². The van der Waals surface area contributed by atoms with Gasteiger partial charge < -0.3 is 8.97 Å². The van der Waals surface area contributed by atoms with Gasteiger partial charge in [0, 0.05) is 6.92 Å². The van der Waals surface area contributed by atoms with Crippen LogP contribution in [0.4, 0.5) is 0 Å². The lowest BCUT2D eigenvalue weighted by Crippen LogP contribution is -2.27. The SMILES string of the molecule is Cc1nc2c(o1)/C(=N/[S+]([O-])C(C)(C)C)CCC2. The van der Waals surface area contributed by atoms with E-state index >= 15 is 0 Å². The van der Waals surface area contributed by atoms with E-state index < -0.39 is 11.4 Å². The van der Waals surface area contributed by atoms with Crippen LogP contribution in [0.15, 0.2) is 8.81 Å². The Kier molecular flexibility index (Phi) is 3.32. The predicted octanol–water partition coefficient (Wildman–Crippen LogP) is 2.57. The molecule has 0 saturated heterocycles. The van der Waals surface area contributed by atoms with Gasteiger partial charge in [-0.1, -0.05) is 4.40 Å². The van der Waals surface area contributed by atoms with E-state index in [-0.39, 0.29) is 4.75 Å². The van der Waals surface area contributed by atoms with Gasteiger partial charge in [-0.3, -0.25) is 0 Å². The minimum absolute atomic E-state index is 0.334. The van der Waals surface area contributed by atoms with Gasteiger partial charge in [-0.15, -0.1) is 0 Å². The summed E-state index contributed by atoms with van der Waals surface area (Å²) in [5.41, 5.74) is 1.76. The van der Waals surface area contributed by atoms with Gasteiger partial charge in [-0.05, 0) is 40.0 Å². The van der Waals surface area contributed by atoms with Crippen molar-refractivity contribution in [3.05, 3.63) is 17.3 Å². The van der Waals surface area contributed by atoms with Crippen LogP contribution in [0.3, 0.4) is 0 Å². The van der Waals surface area contributed by atoms with E-state index in [9.17, 15) is 4.55 Å². The van der Waals surface area contributed by atoms with Crippen molar-refractivity contribution in [1.29, 1.82) is 0 Å². The van der Waals surface area contributed by atoms with E-state index in [1.807, 2.05) is 27.7 Å². The Hall–Kier alpha value is -0.810. The lowest BCUT2D eigenvalue weighted by atomic mass is 10.0. The van der Waals surface area contributed by atoms with E-state index in [1.54, 1.807) is 0 Å². The summed E-state index contributed by atoms with van der Waals surface area (Å²) >= 11 is -1.23. The second-order valence-electron chi connectivity index (χ2n) is 5.26. The van der Waals surface area contributed by atoms with Crippen molar-refractivity contribution in [3.63, 3.8) is 0 Å². The third-order valence-corrected chi connectivity index (χ3v) is 4.04. The Balaban J connectivity index is 2.32. The zero-order valence-corrected chi connectivity index (χ0v) is 11.6. The van der Waals surface area contributed by atoms with E-state index in [1.165, 1.54) is 0 Å². The van der Waals surface area contributed by atoms with Crippen LogP contribution in [0, 0.1) is 6.92 Å². The summed E-state index contributed by atoms with van der Waals surface area (Å²) in [5, 5.41) is 0. The topological polar surface area (TPSA) is 61.5 Å². The zero-order valence-electron chi connectivity index (χ0n) is 10.7. The minimum atomic E-state index is -1.23. The number of aromatic nitrogens is 1. The molecule has 0 aromatic carbocycles. The molecule has 17 heavy (non-hydrogen) atoms. The van der Waals surface area contributed by atoms with Crippen LogP contribution in [0.1, 0.15) is 51.0 Å². The first-order chi connectivity index (χ1) is 7.88. The highest BCUT2D eigenvalue weighted by Gasteiger charge is 2.30. The molecule has 5 heteroatoms. The fourth-order valence-electron chi connectivity index (χ4n) is 1.73. The van der Waals surface area contributed by atoms with Crippen LogP contribution in [0.25, 0.3) is 0 Å². The second kappa shape index (κ2) is 4.46. The van der Waals surface area contributed by atoms with E-state index in [0.717, 1.165) is 36.4 Å². The van der Waals surface area contributed by atoms with Crippen LogP contribution in [-0.2, 0) is 17.8 Å². The molecule has 0 aliphatic heterocycles. The molecule has 2 rings (SSSR count). The molecule has 1 aliphatic carbocycles. The van der Waals surface area contributed by atoms with Crippen molar-refractivity contribution in [2.24, 2.45) is 4.40 Å². The lowest BCUT2D eigenvalue weighted by molar-refractivity contribution is 0.507. The maximum absolute atomic E-state index is 12.0. The molecule has 1 aromatic rings. The van der Waals surface area contributed by atoms with Crippen molar-refractivity contribution in [3.8, 4) is 0 Å². The summed E-state index contributed by atoms with van der Waals surface area (Å²) in [6.07, 6.45) is 2.75. The largest absolute Gasteiger partial charge is 0.591 e. The molecule has 0 bridgehead atoms. The molecule has 0 amide bonds. The molecule has 1 aliphatic rings. The molecule has 0 radical (unpaired) electrons. The van der Waals surface area contributed by atoms with E-state index in [2.05, 4.69) is 9.38 Å². The molecule has 0 spiro atoms. The molecular formula is C12H18N2O2S. The van der Waals surface area contributed by atoms with Crippen molar-refractivity contribution in [2.45, 2.75) is 51.7 Å². The van der Waals surface area contributed by atoms with Gasteiger partial charge in [0.15, 0.2) is 11.7 Å². The highest BCUT2D eigenvalue weighted by atomic mass is 32.2. The number of fused-ring (bicyclic) bond motifs is 1. The third-order valence-electron chi connectivity index (χ3n) is 2.61.